The second-order valence-corrected chi connectivity index (χ2v) is 17.2. The minimum atomic E-state index is -1.54. The van der Waals surface area contributed by atoms with Crippen molar-refractivity contribution in [2.24, 2.45) is 23.7 Å². The van der Waals surface area contributed by atoms with Gasteiger partial charge in [0, 0.05) is 22.5 Å². The zero-order chi connectivity index (χ0) is 22.3. The Balaban J connectivity index is 1.38. The minimum Gasteiger partial charge on any atom is -0.455 e. The number of benzene rings is 2. The molecule has 0 spiro atoms. The highest BCUT2D eigenvalue weighted by Gasteiger charge is 2.48. The van der Waals surface area contributed by atoms with Crippen LogP contribution in [0.5, 0.6) is 0 Å². The van der Waals surface area contributed by atoms with Crippen molar-refractivity contribution in [3.05, 3.63) is 60.3 Å². The van der Waals surface area contributed by atoms with Gasteiger partial charge in [0.25, 0.3) is 0 Å². The van der Waals surface area contributed by atoms with Crippen molar-refractivity contribution >= 4 is 35.2 Å². The van der Waals surface area contributed by atoms with E-state index < -0.39 is 8.07 Å². The van der Waals surface area contributed by atoms with E-state index in [9.17, 15) is 0 Å². The number of rotatable bonds is 3. The smallest absolute Gasteiger partial charge is 0.144 e. The Morgan fingerprint density at radius 2 is 1.58 bits per heavy atom. The van der Waals surface area contributed by atoms with Crippen LogP contribution in [0.3, 0.4) is 0 Å². The molecule has 2 heterocycles. The third kappa shape index (κ3) is 3.08. The van der Waals surface area contributed by atoms with Gasteiger partial charge in [-0.25, -0.2) is 0 Å². The highest BCUT2D eigenvalue weighted by Crippen LogP contribution is 2.59. The topological polar surface area (TPSA) is 26.0 Å². The molecule has 2 nitrogen and oxygen atoms in total. The van der Waals surface area contributed by atoms with Gasteiger partial charge in [-0.05, 0) is 96.7 Å². The Kier molecular flexibility index (Phi) is 4.28. The summed E-state index contributed by atoms with van der Waals surface area (Å²) < 4.78 is 6.54. The van der Waals surface area contributed by atoms with E-state index in [-0.39, 0.29) is 0 Å². The summed E-state index contributed by atoms with van der Waals surface area (Å²) in [5.41, 5.74) is 5.75. The van der Waals surface area contributed by atoms with Crippen LogP contribution in [-0.2, 0) is 0 Å². The third-order valence-electron chi connectivity index (χ3n) is 9.01. The summed E-state index contributed by atoms with van der Waals surface area (Å²) in [6.45, 7) is 7.28. The van der Waals surface area contributed by atoms with Gasteiger partial charge in [-0.2, -0.15) is 0 Å². The molecule has 0 aliphatic heterocycles. The number of fused-ring (bicyclic) bond motifs is 3. The van der Waals surface area contributed by atoms with Gasteiger partial charge in [0.05, 0.1) is 13.8 Å². The molecule has 0 N–H and O–H groups in total. The molecule has 33 heavy (non-hydrogen) atoms. The molecule has 2 aromatic heterocycles. The van der Waals surface area contributed by atoms with Crippen LogP contribution in [0.4, 0.5) is 0 Å². The van der Waals surface area contributed by atoms with Gasteiger partial charge in [-0.3, -0.25) is 4.98 Å². The average molecular weight is 452 g/mol. The van der Waals surface area contributed by atoms with E-state index in [4.69, 9.17) is 9.40 Å². The summed E-state index contributed by atoms with van der Waals surface area (Å²) in [7, 11) is -1.54. The number of hydrogen-bond acceptors (Lipinski definition) is 2. The molecule has 4 aliphatic carbocycles. The van der Waals surface area contributed by atoms with Gasteiger partial charge in [0.15, 0.2) is 0 Å². The van der Waals surface area contributed by atoms with Gasteiger partial charge in [0.1, 0.15) is 11.2 Å². The molecular formula is C30H33NOSi. The largest absolute Gasteiger partial charge is 0.455 e. The molecule has 168 valence electrons. The van der Waals surface area contributed by atoms with E-state index >= 15 is 0 Å². The van der Waals surface area contributed by atoms with E-state index in [0.29, 0.717) is 0 Å². The minimum absolute atomic E-state index is 0.729. The fraction of sp³-hybridized carbons (Fsp3) is 0.433. The second kappa shape index (κ2) is 7.05. The van der Waals surface area contributed by atoms with Crippen LogP contribution >= 0.6 is 0 Å². The molecule has 0 amide bonds. The molecule has 4 aliphatic rings. The van der Waals surface area contributed by atoms with Crippen molar-refractivity contribution < 1.29 is 4.42 Å². The molecule has 2 aromatic carbocycles. The normalized spacial score (nSPS) is 28.8. The lowest BCUT2D eigenvalue weighted by atomic mass is 9.51. The van der Waals surface area contributed by atoms with Gasteiger partial charge >= 0.3 is 0 Å². The van der Waals surface area contributed by atoms with Crippen LogP contribution in [0.25, 0.3) is 33.2 Å². The Labute approximate surface area is 197 Å². The Morgan fingerprint density at radius 1 is 0.848 bits per heavy atom. The van der Waals surface area contributed by atoms with Crippen molar-refractivity contribution in [3.8, 4) is 11.3 Å². The van der Waals surface area contributed by atoms with Gasteiger partial charge in [-0.15, -0.1) is 0 Å². The lowest BCUT2D eigenvalue weighted by Crippen LogP contribution is -2.43. The number of furan rings is 1. The Hall–Kier alpha value is -2.39. The molecule has 4 saturated carbocycles. The number of nitrogens with zero attached hydrogens (tertiary/aromatic N) is 1. The maximum Gasteiger partial charge on any atom is 0.144 e. The quantitative estimate of drug-likeness (QED) is 0.298. The molecule has 4 bridgehead atoms. The molecule has 0 radical (unpaired) electrons. The lowest BCUT2D eigenvalue weighted by molar-refractivity contribution is -0.00278. The van der Waals surface area contributed by atoms with E-state index in [1.54, 1.807) is 0 Å². The fourth-order valence-corrected chi connectivity index (χ4v) is 9.51. The van der Waals surface area contributed by atoms with Crippen LogP contribution in [0.2, 0.25) is 19.6 Å². The first-order valence-electron chi connectivity index (χ1n) is 12.9. The molecule has 4 fully saturated rings. The maximum absolute atomic E-state index is 6.54. The predicted molar refractivity (Wildman–Crippen MR) is 140 cm³/mol. The molecular weight excluding hydrogens is 418 g/mol. The van der Waals surface area contributed by atoms with Gasteiger partial charge in [0.2, 0.25) is 0 Å². The Bertz CT molecular complexity index is 1350. The summed E-state index contributed by atoms with van der Waals surface area (Å²) >= 11 is 0. The number of aromatic nitrogens is 1. The molecule has 0 saturated heterocycles. The molecule has 3 heteroatoms. The zero-order valence-electron chi connectivity index (χ0n) is 20.0. The zero-order valence-corrected chi connectivity index (χ0v) is 21.0. The first-order chi connectivity index (χ1) is 16.0. The van der Waals surface area contributed by atoms with Crippen molar-refractivity contribution in [1.82, 2.24) is 4.98 Å². The SMILES string of the molecule is C[Si](C)(C)c1ccc(-c2cc(C3C4CC5CC(C4)CC3C5)ccn2)c2oc3ccccc3c12. The average Bonchev–Trinajstić information content (AvgIpc) is 3.17. The standard InChI is InChI=1S/C30H33NOSi/c1-33(2,3)27-9-8-23(30-29(27)24-6-4-5-7-26(24)32-30)25-17-20(10-11-31-25)28-21-13-18-12-19(15-21)16-22(28)14-18/h4-11,17-19,21-22,28H,12-16H2,1-3H3. The molecule has 0 atom stereocenters. The van der Waals surface area contributed by atoms with Crippen molar-refractivity contribution in [2.45, 2.75) is 57.7 Å². The number of para-hydroxylation sites is 1. The maximum atomic E-state index is 6.54. The summed E-state index contributed by atoms with van der Waals surface area (Å²) in [5.74, 6) is 4.52. The van der Waals surface area contributed by atoms with Gasteiger partial charge in [-0.1, -0.05) is 43.9 Å². The lowest BCUT2D eigenvalue weighted by Gasteiger charge is -2.54. The first kappa shape index (κ1) is 20.0. The second-order valence-electron chi connectivity index (χ2n) is 12.1. The van der Waals surface area contributed by atoms with E-state index in [2.05, 4.69) is 74.4 Å². The highest BCUT2D eigenvalue weighted by molar-refractivity contribution is 6.90. The number of pyridine rings is 1. The van der Waals surface area contributed by atoms with E-state index in [1.807, 2.05) is 0 Å². The van der Waals surface area contributed by atoms with Crippen molar-refractivity contribution in [2.75, 3.05) is 0 Å². The van der Waals surface area contributed by atoms with E-state index in [1.165, 1.54) is 53.6 Å². The molecule has 4 aromatic rings. The fourth-order valence-electron chi connectivity index (χ4n) is 7.93. The predicted octanol–water partition coefficient (Wildman–Crippen LogP) is 7.73. The van der Waals surface area contributed by atoms with Crippen LogP contribution in [0.1, 0.15) is 43.6 Å². The Morgan fingerprint density at radius 3 is 2.30 bits per heavy atom. The van der Waals surface area contributed by atoms with Crippen LogP contribution < -0.4 is 5.19 Å². The van der Waals surface area contributed by atoms with Crippen LogP contribution in [-0.4, -0.2) is 13.1 Å². The van der Waals surface area contributed by atoms with Crippen molar-refractivity contribution in [1.29, 1.82) is 0 Å². The third-order valence-corrected chi connectivity index (χ3v) is 11.0. The summed E-state index contributed by atoms with van der Waals surface area (Å²) in [4.78, 5) is 4.89. The monoisotopic (exact) mass is 451 g/mol. The summed E-state index contributed by atoms with van der Waals surface area (Å²) in [5, 5.41) is 4.02. The summed E-state index contributed by atoms with van der Waals surface area (Å²) in [6.07, 6.45) is 9.37. The van der Waals surface area contributed by atoms with Crippen LogP contribution in [0.15, 0.2) is 59.1 Å². The number of hydrogen-bond donors (Lipinski definition) is 0. The van der Waals surface area contributed by atoms with Crippen molar-refractivity contribution in [3.63, 3.8) is 0 Å². The molecule has 8 rings (SSSR count). The first-order valence-corrected chi connectivity index (χ1v) is 16.4. The van der Waals surface area contributed by atoms with Crippen LogP contribution in [0, 0.1) is 23.7 Å². The highest BCUT2D eigenvalue weighted by atomic mass is 28.3. The summed E-state index contributed by atoms with van der Waals surface area (Å²) in [6, 6.07) is 17.9. The molecule has 0 unspecified atom stereocenters. The van der Waals surface area contributed by atoms with Gasteiger partial charge < -0.3 is 4.42 Å². The van der Waals surface area contributed by atoms with E-state index in [0.717, 1.165) is 52.0 Å².